The van der Waals surface area contributed by atoms with Gasteiger partial charge in [0.15, 0.2) is 11.5 Å². The molecule has 0 spiro atoms. The maximum atomic E-state index is 12.7. The number of amides is 1. The van der Waals surface area contributed by atoms with Gasteiger partial charge in [0.25, 0.3) is 5.91 Å². The van der Waals surface area contributed by atoms with Crippen molar-refractivity contribution in [1.29, 1.82) is 0 Å². The fourth-order valence-electron chi connectivity index (χ4n) is 3.56. The normalized spacial score (nSPS) is 15.6. The van der Waals surface area contributed by atoms with E-state index in [2.05, 4.69) is 24.1 Å². The van der Waals surface area contributed by atoms with Gasteiger partial charge in [0.05, 0.1) is 13.2 Å². The van der Waals surface area contributed by atoms with Gasteiger partial charge in [0, 0.05) is 30.5 Å². The molecule has 0 radical (unpaired) electrons. The molecule has 0 bridgehead atoms. The minimum Gasteiger partial charge on any atom is -0.493 e. The predicted molar refractivity (Wildman–Crippen MR) is 125 cm³/mol. The van der Waals surface area contributed by atoms with E-state index >= 15 is 0 Å². The first kappa shape index (κ1) is 23.9. The minimum absolute atomic E-state index is 0.163. The standard InChI is InChI=1S/C25H34N2O5/c1-4-27(5-2)14-16-31-24-17-20(10-13-23(24)29-3)26-25(28)19-8-11-21(12-9-19)32-18-22-7-6-15-30-22/h8-13,17,22H,4-7,14-16,18H2,1-3H3,(H,26,28). The van der Waals surface area contributed by atoms with Gasteiger partial charge in [-0.3, -0.25) is 4.79 Å². The van der Waals surface area contributed by atoms with Crippen molar-refractivity contribution in [2.45, 2.75) is 32.8 Å². The van der Waals surface area contributed by atoms with Gasteiger partial charge in [-0.25, -0.2) is 0 Å². The maximum Gasteiger partial charge on any atom is 0.255 e. The molecule has 1 N–H and O–H groups in total. The van der Waals surface area contributed by atoms with Crippen LogP contribution in [-0.4, -0.2) is 63.5 Å². The molecule has 1 atom stereocenters. The van der Waals surface area contributed by atoms with Crippen LogP contribution in [0.15, 0.2) is 42.5 Å². The fourth-order valence-corrected chi connectivity index (χ4v) is 3.56. The lowest BCUT2D eigenvalue weighted by Crippen LogP contribution is -2.28. The summed E-state index contributed by atoms with van der Waals surface area (Å²) in [6.07, 6.45) is 2.28. The van der Waals surface area contributed by atoms with Crippen molar-refractivity contribution in [3.8, 4) is 17.2 Å². The number of rotatable bonds is 12. The first-order valence-corrected chi connectivity index (χ1v) is 11.3. The van der Waals surface area contributed by atoms with E-state index in [-0.39, 0.29) is 12.0 Å². The Morgan fingerprint density at radius 2 is 1.88 bits per heavy atom. The van der Waals surface area contributed by atoms with Crippen molar-refractivity contribution in [1.82, 2.24) is 4.90 Å². The Kier molecular flexibility index (Phi) is 9.19. The molecule has 7 heteroatoms. The molecule has 2 aromatic carbocycles. The Balaban J connectivity index is 1.56. The van der Waals surface area contributed by atoms with Crippen LogP contribution in [0.1, 0.15) is 37.0 Å². The van der Waals surface area contributed by atoms with Crippen LogP contribution in [0.4, 0.5) is 5.69 Å². The highest BCUT2D eigenvalue weighted by atomic mass is 16.5. The summed E-state index contributed by atoms with van der Waals surface area (Å²) in [5.41, 5.74) is 1.20. The van der Waals surface area contributed by atoms with Crippen LogP contribution in [0.25, 0.3) is 0 Å². The van der Waals surface area contributed by atoms with Gasteiger partial charge >= 0.3 is 0 Å². The molecule has 1 amide bonds. The number of hydrogen-bond donors (Lipinski definition) is 1. The predicted octanol–water partition coefficient (Wildman–Crippen LogP) is 4.23. The van der Waals surface area contributed by atoms with Crippen LogP contribution < -0.4 is 19.5 Å². The molecule has 2 aromatic rings. The van der Waals surface area contributed by atoms with E-state index < -0.39 is 0 Å². The summed E-state index contributed by atoms with van der Waals surface area (Å²) in [6, 6.07) is 12.5. The van der Waals surface area contributed by atoms with Crippen LogP contribution in [0.2, 0.25) is 0 Å². The van der Waals surface area contributed by atoms with Gasteiger partial charge in [-0.1, -0.05) is 13.8 Å². The molecule has 1 fully saturated rings. The second-order valence-electron chi connectivity index (χ2n) is 7.67. The highest BCUT2D eigenvalue weighted by Crippen LogP contribution is 2.30. The zero-order chi connectivity index (χ0) is 22.8. The minimum atomic E-state index is -0.199. The molecule has 0 saturated carbocycles. The van der Waals surface area contributed by atoms with E-state index in [1.165, 1.54) is 0 Å². The number of likely N-dealkylation sites (N-methyl/N-ethyl adjacent to an activating group) is 1. The molecule has 1 heterocycles. The molecule has 1 aliphatic rings. The topological polar surface area (TPSA) is 69.3 Å². The molecule has 1 aliphatic heterocycles. The number of carbonyl (C=O) groups excluding carboxylic acids is 1. The quantitative estimate of drug-likeness (QED) is 0.531. The molecule has 1 saturated heterocycles. The number of carbonyl (C=O) groups is 1. The highest BCUT2D eigenvalue weighted by molar-refractivity contribution is 6.04. The van der Waals surface area contributed by atoms with Gasteiger partial charge in [0.1, 0.15) is 19.0 Å². The number of nitrogens with one attached hydrogen (secondary N) is 1. The van der Waals surface area contributed by atoms with Crippen molar-refractivity contribution in [2.24, 2.45) is 0 Å². The number of hydrogen-bond acceptors (Lipinski definition) is 6. The molecule has 174 valence electrons. The largest absolute Gasteiger partial charge is 0.493 e. The third-order valence-corrected chi connectivity index (χ3v) is 5.56. The number of anilines is 1. The SMILES string of the molecule is CCN(CC)CCOc1cc(NC(=O)c2ccc(OCC3CCCO3)cc2)ccc1OC. The molecular weight excluding hydrogens is 408 g/mol. The van der Waals surface area contributed by atoms with Crippen LogP contribution in [0.3, 0.4) is 0 Å². The second kappa shape index (κ2) is 12.3. The van der Waals surface area contributed by atoms with Gasteiger partial charge in [-0.05, 0) is 62.3 Å². The smallest absolute Gasteiger partial charge is 0.255 e. The maximum absolute atomic E-state index is 12.7. The summed E-state index contributed by atoms with van der Waals surface area (Å²) in [4.78, 5) is 15.0. The zero-order valence-corrected chi connectivity index (χ0v) is 19.3. The monoisotopic (exact) mass is 442 g/mol. The van der Waals surface area contributed by atoms with Crippen LogP contribution in [0.5, 0.6) is 17.2 Å². The van der Waals surface area contributed by atoms with Gasteiger partial charge in [-0.2, -0.15) is 0 Å². The van der Waals surface area contributed by atoms with E-state index in [4.69, 9.17) is 18.9 Å². The van der Waals surface area contributed by atoms with Crippen molar-refractivity contribution in [2.75, 3.05) is 51.9 Å². The van der Waals surface area contributed by atoms with Crippen molar-refractivity contribution >= 4 is 11.6 Å². The molecule has 0 aromatic heterocycles. The van der Waals surface area contributed by atoms with E-state index in [1.54, 1.807) is 49.6 Å². The molecule has 32 heavy (non-hydrogen) atoms. The molecule has 0 aliphatic carbocycles. The van der Waals surface area contributed by atoms with Crippen molar-refractivity contribution in [3.05, 3.63) is 48.0 Å². The molecule has 7 nitrogen and oxygen atoms in total. The lowest BCUT2D eigenvalue weighted by molar-refractivity contribution is 0.0679. The Morgan fingerprint density at radius 1 is 1.09 bits per heavy atom. The number of methoxy groups -OCH3 is 1. The Morgan fingerprint density at radius 3 is 2.53 bits per heavy atom. The fraction of sp³-hybridized carbons (Fsp3) is 0.480. The summed E-state index contributed by atoms with van der Waals surface area (Å²) in [5.74, 6) is 1.77. The summed E-state index contributed by atoms with van der Waals surface area (Å²) >= 11 is 0. The first-order valence-electron chi connectivity index (χ1n) is 11.3. The lowest BCUT2D eigenvalue weighted by Gasteiger charge is -2.19. The van der Waals surface area contributed by atoms with Gasteiger partial charge in [-0.15, -0.1) is 0 Å². The van der Waals surface area contributed by atoms with Crippen LogP contribution in [0, 0.1) is 0 Å². The Labute approximate surface area is 190 Å². The van der Waals surface area contributed by atoms with E-state index in [0.29, 0.717) is 36.0 Å². The van der Waals surface area contributed by atoms with Crippen LogP contribution in [-0.2, 0) is 4.74 Å². The number of ether oxygens (including phenoxy) is 4. The van der Waals surface area contributed by atoms with Gasteiger partial charge in [0.2, 0.25) is 0 Å². The van der Waals surface area contributed by atoms with Crippen molar-refractivity contribution in [3.63, 3.8) is 0 Å². The summed E-state index contributed by atoms with van der Waals surface area (Å²) in [7, 11) is 1.60. The van der Waals surface area contributed by atoms with E-state index in [1.807, 2.05) is 0 Å². The number of benzene rings is 2. The molecule has 1 unspecified atom stereocenters. The van der Waals surface area contributed by atoms with E-state index in [9.17, 15) is 4.79 Å². The van der Waals surface area contributed by atoms with Gasteiger partial charge < -0.3 is 29.2 Å². The third-order valence-electron chi connectivity index (χ3n) is 5.56. The van der Waals surface area contributed by atoms with E-state index in [0.717, 1.165) is 44.8 Å². The highest BCUT2D eigenvalue weighted by Gasteiger charge is 2.16. The summed E-state index contributed by atoms with van der Waals surface area (Å²) in [6.45, 7) is 8.93. The number of nitrogens with zero attached hydrogens (tertiary/aromatic N) is 1. The first-order chi connectivity index (χ1) is 15.6. The molecule has 3 rings (SSSR count). The third kappa shape index (κ3) is 6.87. The Bertz CT molecular complexity index is 846. The summed E-state index contributed by atoms with van der Waals surface area (Å²) in [5, 5.41) is 2.92. The molecular formula is C25H34N2O5. The summed E-state index contributed by atoms with van der Waals surface area (Å²) < 4.78 is 22.7. The Hall–Kier alpha value is -2.77. The van der Waals surface area contributed by atoms with Crippen molar-refractivity contribution < 1.29 is 23.7 Å². The zero-order valence-electron chi connectivity index (χ0n) is 19.3. The van der Waals surface area contributed by atoms with Crippen LogP contribution >= 0.6 is 0 Å². The second-order valence-corrected chi connectivity index (χ2v) is 7.67. The average Bonchev–Trinajstić information content (AvgIpc) is 3.35. The average molecular weight is 443 g/mol. The lowest BCUT2D eigenvalue weighted by atomic mass is 10.2.